The molecule has 1 N–H and O–H groups in total. The van der Waals surface area contributed by atoms with Gasteiger partial charge in [0.1, 0.15) is 0 Å². The van der Waals surface area contributed by atoms with Gasteiger partial charge in [0.15, 0.2) is 0 Å². The predicted molar refractivity (Wildman–Crippen MR) is 80.6 cm³/mol. The summed E-state index contributed by atoms with van der Waals surface area (Å²) in [6, 6.07) is 0.499. The van der Waals surface area contributed by atoms with E-state index >= 15 is 0 Å². The van der Waals surface area contributed by atoms with Gasteiger partial charge in [-0.25, -0.2) is 0 Å². The van der Waals surface area contributed by atoms with Crippen LogP contribution in [0.5, 0.6) is 0 Å². The molecule has 0 bridgehead atoms. The highest BCUT2D eigenvalue weighted by Gasteiger charge is 2.22. The summed E-state index contributed by atoms with van der Waals surface area (Å²) in [6.45, 7) is 9.46. The zero-order valence-electron chi connectivity index (χ0n) is 13.1. The molecule has 1 aliphatic heterocycles. The third-order valence-electron chi connectivity index (χ3n) is 3.88. The van der Waals surface area contributed by atoms with Crippen molar-refractivity contribution in [2.24, 2.45) is 0 Å². The molecule has 0 aromatic carbocycles. The molecule has 1 heterocycles. The van der Waals surface area contributed by atoms with Crippen LogP contribution in [0.3, 0.4) is 0 Å². The SMILES string of the molecule is CCCNC(CCC)C(CC)OCC1CCCCO1. The van der Waals surface area contributed by atoms with E-state index in [1.807, 2.05) is 0 Å². The Bertz CT molecular complexity index is 205. The van der Waals surface area contributed by atoms with Crippen LogP contribution in [-0.2, 0) is 9.47 Å². The van der Waals surface area contributed by atoms with Crippen molar-refractivity contribution >= 4 is 0 Å². The minimum Gasteiger partial charge on any atom is -0.376 e. The van der Waals surface area contributed by atoms with E-state index in [-0.39, 0.29) is 0 Å². The summed E-state index contributed by atoms with van der Waals surface area (Å²) in [5, 5.41) is 3.64. The van der Waals surface area contributed by atoms with Gasteiger partial charge in [-0.15, -0.1) is 0 Å². The van der Waals surface area contributed by atoms with E-state index < -0.39 is 0 Å². The summed E-state index contributed by atoms with van der Waals surface area (Å²) in [7, 11) is 0. The second-order valence-corrected chi connectivity index (χ2v) is 5.62. The van der Waals surface area contributed by atoms with Gasteiger partial charge in [-0.3, -0.25) is 0 Å². The van der Waals surface area contributed by atoms with Crippen molar-refractivity contribution in [1.82, 2.24) is 5.32 Å². The minimum absolute atomic E-state index is 0.330. The quantitative estimate of drug-likeness (QED) is 0.659. The van der Waals surface area contributed by atoms with Crippen LogP contribution in [0.2, 0.25) is 0 Å². The average Bonchev–Trinajstić information content (AvgIpc) is 2.46. The van der Waals surface area contributed by atoms with Gasteiger partial charge in [0.05, 0.1) is 18.8 Å². The Hall–Kier alpha value is -0.120. The molecule has 3 heteroatoms. The van der Waals surface area contributed by atoms with Gasteiger partial charge in [-0.2, -0.15) is 0 Å². The highest BCUT2D eigenvalue weighted by molar-refractivity contribution is 4.77. The van der Waals surface area contributed by atoms with Crippen LogP contribution in [0.1, 0.15) is 65.7 Å². The minimum atomic E-state index is 0.330. The van der Waals surface area contributed by atoms with Crippen molar-refractivity contribution in [3.05, 3.63) is 0 Å². The first-order chi connectivity index (χ1) is 9.31. The zero-order chi connectivity index (χ0) is 13.9. The molecule has 0 radical (unpaired) electrons. The van der Waals surface area contributed by atoms with E-state index in [0.29, 0.717) is 18.2 Å². The molecule has 3 nitrogen and oxygen atoms in total. The van der Waals surface area contributed by atoms with Crippen molar-refractivity contribution in [2.45, 2.75) is 84.0 Å². The summed E-state index contributed by atoms with van der Waals surface area (Å²) in [6.07, 6.45) is 8.99. The average molecular weight is 271 g/mol. The molecular weight excluding hydrogens is 238 g/mol. The Morgan fingerprint density at radius 1 is 1.21 bits per heavy atom. The van der Waals surface area contributed by atoms with Gasteiger partial charge in [-0.05, 0) is 45.1 Å². The highest BCUT2D eigenvalue weighted by atomic mass is 16.5. The first-order valence-electron chi connectivity index (χ1n) is 8.28. The van der Waals surface area contributed by atoms with Crippen LogP contribution in [0.25, 0.3) is 0 Å². The third-order valence-corrected chi connectivity index (χ3v) is 3.88. The Labute approximate surface area is 119 Å². The zero-order valence-corrected chi connectivity index (χ0v) is 13.1. The van der Waals surface area contributed by atoms with Gasteiger partial charge < -0.3 is 14.8 Å². The molecule has 0 aromatic rings. The lowest BCUT2D eigenvalue weighted by Gasteiger charge is -2.30. The van der Waals surface area contributed by atoms with Crippen molar-refractivity contribution in [3.8, 4) is 0 Å². The first-order valence-corrected chi connectivity index (χ1v) is 8.28. The standard InChI is InChI=1S/C16H33NO2/c1-4-9-15(17-11-5-2)16(6-3)19-13-14-10-7-8-12-18-14/h14-17H,4-13H2,1-3H3. The number of nitrogens with one attached hydrogen (secondary N) is 1. The van der Waals surface area contributed by atoms with E-state index in [0.717, 1.165) is 32.6 Å². The molecule has 1 rings (SSSR count). The Morgan fingerprint density at radius 3 is 2.63 bits per heavy atom. The molecule has 0 spiro atoms. The summed E-state index contributed by atoms with van der Waals surface area (Å²) in [5.41, 5.74) is 0. The summed E-state index contributed by atoms with van der Waals surface area (Å²) >= 11 is 0. The second kappa shape index (κ2) is 10.6. The molecule has 3 unspecified atom stereocenters. The number of rotatable bonds is 10. The number of hydrogen-bond donors (Lipinski definition) is 1. The largest absolute Gasteiger partial charge is 0.376 e. The monoisotopic (exact) mass is 271 g/mol. The fourth-order valence-electron chi connectivity index (χ4n) is 2.75. The third kappa shape index (κ3) is 6.73. The van der Waals surface area contributed by atoms with Gasteiger partial charge in [0.25, 0.3) is 0 Å². The predicted octanol–water partition coefficient (Wildman–Crippen LogP) is 3.52. The molecule has 1 fully saturated rings. The van der Waals surface area contributed by atoms with Crippen LogP contribution in [-0.4, -0.2) is 38.0 Å². The van der Waals surface area contributed by atoms with Gasteiger partial charge in [0, 0.05) is 12.6 Å². The Balaban J connectivity index is 2.34. The topological polar surface area (TPSA) is 30.5 Å². The van der Waals surface area contributed by atoms with E-state index in [2.05, 4.69) is 26.1 Å². The van der Waals surface area contributed by atoms with Crippen LogP contribution in [0, 0.1) is 0 Å². The molecule has 0 aliphatic carbocycles. The molecular formula is C16H33NO2. The molecule has 19 heavy (non-hydrogen) atoms. The molecule has 0 amide bonds. The second-order valence-electron chi connectivity index (χ2n) is 5.62. The van der Waals surface area contributed by atoms with Crippen molar-refractivity contribution in [3.63, 3.8) is 0 Å². The maximum absolute atomic E-state index is 6.16. The van der Waals surface area contributed by atoms with Crippen molar-refractivity contribution in [1.29, 1.82) is 0 Å². The lowest BCUT2D eigenvalue weighted by molar-refractivity contribution is -0.0720. The molecule has 0 aromatic heterocycles. The van der Waals surface area contributed by atoms with E-state index in [9.17, 15) is 0 Å². The fourth-order valence-corrected chi connectivity index (χ4v) is 2.75. The molecule has 114 valence electrons. The maximum Gasteiger partial charge on any atom is 0.0808 e. The lowest BCUT2D eigenvalue weighted by atomic mass is 10.0. The van der Waals surface area contributed by atoms with Gasteiger partial charge in [-0.1, -0.05) is 27.2 Å². The van der Waals surface area contributed by atoms with E-state index in [1.165, 1.54) is 32.1 Å². The highest BCUT2D eigenvalue weighted by Crippen LogP contribution is 2.16. The smallest absolute Gasteiger partial charge is 0.0808 e. The van der Waals surface area contributed by atoms with Gasteiger partial charge in [0.2, 0.25) is 0 Å². The Kier molecular flexibility index (Phi) is 9.48. The summed E-state index contributed by atoms with van der Waals surface area (Å²) in [4.78, 5) is 0. The van der Waals surface area contributed by atoms with Crippen molar-refractivity contribution < 1.29 is 9.47 Å². The molecule has 0 saturated carbocycles. The molecule has 3 atom stereocenters. The summed E-state index contributed by atoms with van der Waals surface area (Å²) < 4.78 is 11.9. The van der Waals surface area contributed by atoms with Gasteiger partial charge >= 0.3 is 0 Å². The Morgan fingerprint density at radius 2 is 2.05 bits per heavy atom. The summed E-state index contributed by atoms with van der Waals surface area (Å²) in [5.74, 6) is 0. The molecule has 1 aliphatic rings. The van der Waals surface area contributed by atoms with Crippen LogP contribution in [0.4, 0.5) is 0 Å². The van der Waals surface area contributed by atoms with Crippen LogP contribution in [0.15, 0.2) is 0 Å². The van der Waals surface area contributed by atoms with E-state index in [1.54, 1.807) is 0 Å². The fraction of sp³-hybridized carbons (Fsp3) is 1.00. The first kappa shape index (κ1) is 16.9. The molecule has 1 saturated heterocycles. The van der Waals surface area contributed by atoms with Crippen molar-refractivity contribution in [2.75, 3.05) is 19.8 Å². The lowest BCUT2D eigenvalue weighted by Crippen LogP contribution is -2.42. The number of hydrogen-bond acceptors (Lipinski definition) is 3. The normalized spacial score (nSPS) is 23.2. The maximum atomic E-state index is 6.16. The van der Waals surface area contributed by atoms with Crippen LogP contribution < -0.4 is 5.32 Å². The van der Waals surface area contributed by atoms with E-state index in [4.69, 9.17) is 9.47 Å². The van der Waals surface area contributed by atoms with Crippen LogP contribution >= 0.6 is 0 Å². The number of ether oxygens (including phenoxy) is 2.